The van der Waals surface area contributed by atoms with E-state index >= 15 is 0 Å². The number of ether oxygens (including phenoxy) is 1. The monoisotopic (exact) mass is 477 g/mol. The molecule has 0 fully saturated rings. The summed E-state index contributed by atoms with van der Waals surface area (Å²) in [7, 11) is 0. The van der Waals surface area contributed by atoms with Crippen molar-refractivity contribution in [3.8, 4) is 16.9 Å². The molecule has 0 amide bonds. The summed E-state index contributed by atoms with van der Waals surface area (Å²) in [6, 6.07) is 23.4. The molecular weight excluding hydrogens is 455 g/mol. The number of aromatic nitrogens is 1. The summed E-state index contributed by atoms with van der Waals surface area (Å²) >= 11 is 0. The largest absolute Gasteiger partial charge is 0.489 e. The van der Waals surface area contributed by atoms with Gasteiger partial charge in [-0.3, -0.25) is 9.78 Å². The van der Waals surface area contributed by atoms with Crippen molar-refractivity contribution in [3.63, 3.8) is 0 Å². The van der Waals surface area contributed by atoms with E-state index < -0.39 is 17.7 Å². The Balaban J connectivity index is 1.44. The molecule has 0 saturated heterocycles. The second-order valence-electron chi connectivity index (χ2n) is 8.07. The van der Waals surface area contributed by atoms with Crippen molar-refractivity contribution >= 4 is 5.97 Å². The summed E-state index contributed by atoms with van der Waals surface area (Å²) in [4.78, 5) is 15.5. The van der Waals surface area contributed by atoms with Crippen LogP contribution in [0.25, 0.3) is 11.1 Å². The molecule has 1 N–H and O–H groups in total. The van der Waals surface area contributed by atoms with Crippen molar-refractivity contribution in [1.29, 1.82) is 0 Å². The van der Waals surface area contributed by atoms with Crippen molar-refractivity contribution in [1.82, 2.24) is 4.98 Å². The maximum atomic E-state index is 12.8. The van der Waals surface area contributed by atoms with E-state index in [-0.39, 0.29) is 18.9 Å². The lowest BCUT2D eigenvalue weighted by Crippen LogP contribution is -2.08. The molecule has 1 unspecified atom stereocenters. The first-order valence-corrected chi connectivity index (χ1v) is 10.9. The highest BCUT2D eigenvalue weighted by Gasteiger charge is 2.30. The molecule has 3 aromatic carbocycles. The van der Waals surface area contributed by atoms with Crippen LogP contribution in [0.3, 0.4) is 0 Å². The van der Waals surface area contributed by atoms with Crippen LogP contribution >= 0.6 is 0 Å². The number of nitrogens with zero attached hydrogens (tertiary/aromatic N) is 1. The second kappa shape index (κ2) is 10.4. The zero-order valence-corrected chi connectivity index (χ0v) is 18.6. The average Bonchev–Trinajstić information content (AvgIpc) is 2.87. The van der Waals surface area contributed by atoms with Crippen LogP contribution in [0.2, 0.25) is 0 Å². The van der Waals surface area contributed by atoms with Crippen LogP contribution in [0.1, 0.15) is 34.6 Å². The lowest BCUT2D eigenvalue weighted by atomic mass is 9.89. The van der Waals surface area contributed by atoms with Crippen LogP contribution in [-0.2, 0) is 17.6 Å². The molecule has 0 radical (unpaired) electrons. The lowest BCUT2D eigenvalue weighted by Gasteiger charge is -2.16. The van der Waals surface area contributed by atoms with Gasteiger partial charge < -0.3 is 9.84 Å². The summed E-state index contributed by atoms with van der Waals surface area (Å²) in [6.07, 6.45) is -1.11. The molecule has 35 heavy (non-hydrogen) atoms. The molecule has 4 nitrogen and oxygen atoms in total. The number of carboxylic acid groups (broad SMARTS) is 1. The predicted octanol–water partition coefficient (Wildman–Crippen LogP) is 6.95. The Morgan fingerprint density at radius 2 is 1.63 bits per heavy atom. The Kier molecular flexibility index (Phi) is 7.15. The maximum Gasteiger partial charge on any atom is 0.416 e. The number of carbonyl (C=O) groups is 1. The van der Waals surface area contributed by atoms with Crippen molar-refractivity contribution in [3.05, 3.63) is 120 Å². The fraction of sp³-hybridized carbons (Fsp3) is 0.143. The molecule has 4 aromatic rings. The fourth-order valence-corrected chi connectivity index (χ4v) is 3.84. The van der Waals surface area contributed by atoms with Gasteiger partial charge in [-0.2, -0.15) is 13.2 Å². The van der Waals surface area contributed by atoms with Crippen LogP contribution in [-0.4, -0.2) is 16.1 Å². The summed E-state index contributed by atoms with van der Waals surface area (Å²) in [5.74, 6) is -0.600. The van der Waals surface area contributed by atoms with Crippen molar-refractivity contribution in [2.75, 3.05) is 0 Å². The van der Waals surface area contributed by atoms with Crippen LogP contribution in [0.4, 0.5) is 13.2 Å². The topological polar surface area (TPSA) is 59.4 Å². The van der Waals surface area contributed by atoms with Gasteiger partial charge in [0.15, 0.2) is 0 Å². The molecule has 0 aliphatic heterocycles. The normalized spacial score (nSPS) is 12.2. The Morgan fingerprint density at radius 3 is 2.26 bits per heavy atom. The van der Waals surface area contributed by atoms with Gasteiger partial charge in [-0.25, -0.2) is 0 Å². The maximum absolute atomic E-state index is 12.8. The zero-order chi connectivity index (χ0) is 24.8. The van der Waals surface area contributed by atoms with Gasteiger partial charge in [0.2, 0.25) is 0 Å². The first-order chi connectivity index (χ1) is 16.8. The number of carboxylic acids is 1. The Bertz CT molecular complexity index is 1270. The Morgan fingerprint density at radius 1 is 0.886 bits per heavy atom. The molecule has 0 spiro atoms. The molecule has 0 aliphatic rings. The van der Waals surface area contributed by atoms with Gasteiger partial charge in [0.05, 0.1) is 12.0 Å². The highest BCUT2D eigenvalue weighted by atomic mass is 19.4. The summed E-state index contributed by atoms with van der Waals surface area (Å²) < 4.78 is 44.3. The third-order valence-electron chi connectivity index (χ3n) is 5.63. The van der Waals surface area contributed by atoms with Gasteiger partial charge in [0.25, 0.3) is 0 Å². The summed E-state index contributed by atoms with van der Waals surface area (Å²) in [6.45, 7) is 0.273. The smallest absolute Gasteiger partial charge is 0.416 e. The van der Waals surface area contributed by atoms with Crippen LogP contribution in [0.15, 0.2) is 97.3 Å². The van der Waals surface area contributed by atoms with Gasteiger partial charge in [-0.05, 0) is 64.2 Å². The van der Waals surface area contributed by atoms with Gasteiger partial charge in [0, 0.05) is 18.3 Å². The Labute approximate surface area is 200 Å². The number of aliphatic carboxylic acids is 1. The minimum Gasteiger partial charge on any atom is -0.489 e. The van der Waals surface area contributed by atoms with E-state index in [9.17, 15) is 23.1 Å². The number of pyridine rings is 1. The quantitative estimate of drug-likeness (QED) is 0.298. The fourth-order valence-electron chi connectivity index (χ4n) is 3.84. The van der Waals surface area contributed by atoms with Crippen molar-refractivity contribution in [2.45, 2.75) is 25.1 Å². The number of alkyl halides is 3. The first-order valence-electron chi connectivity index (χ1n) is 10.9. The third kappa shape index (κ3) is 6.26. The van der Waals surface area contributed by atoms with E-state index in [1.807, 2.05) is 42.5 Å². The standard InChI is InChI=1S/C28H22F3NO3/c29-28(30,31)24-10-6-20(7-11-24)22-4-1-3-19(15-22)18-35-25-12-8-21(9-13-25)26(16-27(33)34)23-5-2-14-32-17-23/h1-15,17,26H,16,18H2,(H,33,34). The van der Waals surface area contributed by atoms with Crippen LogP contribution in [0.5, 0.6) is 5.75 Å². The third-order valence-corrected chi connectivity index (χ3v) is 5.63. The number of rotatable bonds is 8. The minimum atomic E-state index is -4.37. The number of benzene rings is 3. The van der Waals surface area contributed by atoms with Gasteiger partial charge in [0.1, 0.15) is 12.4 Å². The predicted molar refractivity (Wildman–Crippen MR) is 126 cm³/mol. The molecule has 1 atom stereocenters. The first kappa shape index (κ1) is 24.0. The van der Waals surface area contributed by atoms with E-state index in [0.717, 1.165) is 34.4 Å². The molecule has 1 heterocycles. The lowest BCUT2D eigenvalue weighted by molar-refractivity contribution is -0.138. The summed E-state index contributed by atoms with van der Waals surface area (Å²) in [5, 5.41) is 9.33. The van der Waals surface area contributed by atoms with E-state index in [0.29, 0.717) is 11.3 Å². The molecule has 0 bridgehead atoms. The van der Waals surface area contributed by atoms with Crippen LogP contribution in [0, 0.1) is 0 Å². The van der Waals surface area contributed by atoms with Gasteiger partial charge >= 0.3 is 12.1 Å². The molecule has 1 aromatic heterocycles. The molecule has 4 rings (SSSR count). The van der Waals surface area contributed by atoms with Crippen molar-refractivity contribution in [2.24, 2.45) is 0 Å². The molecule has 0 saturated carbocycles. The summed E-state index contributed by atoms with van der Waals surface area (Å²) in [5.41, 5.74) is 3.33. The number of hydrogen-bond donors (Lipinski definition) is 1. The molecule has 0 aliphatic carbocycles. The number of hydrogen-bond acceptors (Lipinski definition) is 3. The highest BCUT2D eigenvalue weighted by molar-refractivity contribution is 5.69. The molecular formula is C28H22F3NO3. The van der Waals surface area contributed by atoms with Gasteiger partial charge in [-0.1, -0.05) is 48.5 Å². The van der Waals surface area contributed by atoms with Gasteiger partial charge in [-0.15, -0.1) is 0 Å². The SMILES string of the molecule is O=C(O)CC(c1ccc(OCc2cccc(-c3ccc(C(F)(F)F)cc3)c2)cc1)c1cccnc1. The van der Waals surface area contributed by atoms with E-state index in [1.165, 1.54) is 12.1 Å². The van der Waals surface area contributed by atoms with E-state index in [2.05, 4.69) is 4.98 Å². The zero-order valence-electron chi connectivity index (χ0n) is 18.6. The van der Waals surface area contributed by atoms with E-state index in [1.54, 1.807) is 30.6 Å². The number of halogens is 3. The highest BCUT2D eigenvalue weighted by Crippen LogP contribution is 2.32. The molecule has 178 valence electrons. The van der Waals surface area contributed by atoms with Crippen molar-refractivity contribution < 1.29 is 27.8 Å². The minimum absolute atomic E-state index is 0.0529. The Hall–Kier alpha value is -4.13. The molecule has 7 heteroatoms. The second-order valence-corrected chi connectivity index (χ2v) is 8.07. The van der Waals surface area contributed by atoms with Crippen LogP contribution < -0.4 is 4.74 Å². The van der Waals surface area contributed by atoms with E-state index in [4.69, 9.17) is 4.74 Å². The average molecular weight is 477 g/mol.